The van der Waals surface area contributed by atoms with Crippen LogP contribution in [0.25, 0.3) is 28.6 Å². The van der Waals surface area contributed by atoms with E-state index in [1.54, 1.807) is 55.7 Å². The smallest absolute Gasteiger partial charge is 0.0567 e. The van der Waals surface area contributed by atoms with E-state index in [1.165, 1.54) is 5.56 Å². The summed E-state index contributed by atoms with van der Waals surface area (Å²) in [5, 5.41) is 18.7. The van der Waals surface area contributed by atoms with E-state index in [4.69, 9.17) is 5.11 Å². The number of aliphatic hydroxyl groups excluding tert-OH is 2. The molecule has 237 valence electrons. The number of aliphatic hydroxyl groups is 2. The van der Waals surface area contributed by atoms with Gasteiger partial charge in [-0.1, -0.05) is 84.4 Å². The van der Waals surface area contributed by atoms with Gasteiger partial charge < -0.3 is 20.2 Å². The molecule has 0 saturated heterocycles. The predicted octanol–water partition coefficient (Wildman–Crippen LogP) is 8.05. The summed E-state index contributed by atoms with van der Waals surface area (Å²) in [5.74, 6) is -2.57. The first-order valence-corrected chi connectivity index (χ1v) is 13.8. The summed E-state index contributed by atoms with van der Waals surface area (Å²) < 4.78 is 51.6. The molecule has 0 aliphatic rings. The van der Waals surface area contributed by atoms with Gasteiger partial charge in [0.25, 0.3) is 0 Å². The van der Waals surface area contributed by atoms with Crippen molar-refractivity contribution >= 4 is 6.08 Å². The molecule has 4 nitrogen and oxygen atoms in total. The predicted molar refractivity (Wildman–Crippen MR) is 164 cm³/mol. The second-order valence-corrected chi connectivity index (χ2v) is 9.73. The van der Waals surface area contributed by atoms with Crippen LogP contribution in [-0.2, 0) is 26.5 Å². The van der Waals surface area contributed by atoms with Crippen LogP contribution in [-0.4, -0.2) is 32.4 Å². The molecule has 2 atom stereocenters. The minimum atomic E-state index is -0.649. The maximum absolute atomic E-state index is 13.2. The molecule has 0 saturated carbocycles. The average molecular weight is 793 g/mol. The first-order valence-electron chi connectivity index (χ1n) is 13.8. The van der Waals surface area contributed by atoms with Crippen molar-refractivity contribution in [3.8, 4) is 22.5 Å². The van der Waals surface area contributed by atoms with Crippen LogP contribution in [0.2, 0.25) is 0 Å². The largest absolute Gasteiger partial charge is 0.393 e. The SMILES string of the molecule is C=Cc1ccc(CCC(O)CC(C)O)cc1.Fc1c[c-]c(-c2ccccn2)c(F)c1.Fc1c[c-]c(-c2ccccn2)c(F)c1.[Ir]. The quantitative estimate of drug-likeness (QED) is 0.123. The van der Waals surface area contributed by atoms with E-state index in [2.05, 4.69) is 28.7 Å². The number of pyridine rings is 2. The Labute approximate surface area is 274 Å². The van der Waals surface area contributed by atoms with Crippen molar-refractivity contribution < 1.29 is 47.9 Å². The van der Waals surface area contributed by atoms with Crippen molar-refractivity contribution in [1.82, 2.24) is 9.97 Å². The normalized spacial score (nSPS) is 11.4. The van der Waals surface area contributed by atoms with E-state index in [-0.39, 0.29) is 31.2 Å². The number of aryl methyl sites for hydroxylation is 1. The number of nitrogens with zero attached hydrogens (tertiary/aromatic N) is 2. The van der Waals surface area contributed by atoms with Crippen molar-refractivity contribution in [2.75, 3.05) is 0 Å². The van der Waals surface area contributed by atoms with Crippen molar-refractivity contribution in [3.63, 3.8) is 0 Å². The van der Waals surface area contributed by atoms with Crippen molar-refractivity contribution in [3.05, 3.63) is 150 Å². The number of aromatic nitrogens is 2. The van der Waals surface area contributed by atoms with Crippen LogP contribution in [0, 0.1) is 35.4 Å². The molecule has 9 heteroatoms. The monoisotopic (exact) mass is 793 g/mol. The molecule has 0 aliphatic carbocycles. The summed E-state index contributed by atoms with van der Waals surface area (Å²) in [6.07, 6.45) is 6.04. The molecule has 45 heavy (non-hydrogen) atoms. The van der Waals surface area contributed by atoms with Gasteiger partial charge in [0.05, 0.1) is 12.2 Å². The summed E-state index contributed by atoms with van der Waals surface area (Å²) >= 11 is 0. The minimum absolute atomic E-state index is 0. The summed E-state index contributed by atoms with van der Waals surface area (Å²) in [7, 11) is 0. The van der Waals surface area contributed by atoms with Gasteiger partial charge in [-0.25, -0.2) is 0 Å². The van der Waals surface area contributed by atoms with Gasteiger partial charge in [0.2, 0.25) is 0 Å². The van der Waals surface area contributed by atoms with Crippen molar-refractivity contribution in [2.24, 2.45) is 0 Å². The Morgan fingerprint density at radius 2 is 1.27 bits per heavy atom. The molecule has 5 aromatic rings. The van der Waals surface area contributed by atoms with Crippen LogP contribution in [0.4, 0.5) is 17.6 Å². The zero-order valence-electron chi connectivity index (χ0n) is 24.4. The number of benzene rings is 3. The fraction of sp³-hybridized carbons (Fsp3) is 0.167. The van der Waals surface area contributed by atoms with Gasteiger partial charge in [0.15, 0.2) is 0 Å². The molecule has 0 amide bonds. The topological polar surface area (TPSA) is 66.2 Å². The Hall–Kier alpha value is -4.01. The Bertz CT molecular complexity index is 1500. The van der Waals surface area contributed by atoms with Crippen LogP contribution in [0.1, 0.15) is 30.9 Å². The third-order valence-corrected chi connectivity index (χ3v) is 6.15. The van der Waals surface area contributed by atoms with Crippen LogP contribution in [0.3, 0.4) is 0 Å². The summed E-state index contributed by atoms with van der Waals surface area (Å²) in [6.45, 7) is 5.40. The van der Waals surface area contributed by atoms with Gasteiger partial charge in [-0.15, -0.1) is 24.3 Å². The van der Waals surface area contributed by atoms with Gasteiger partial charge in [-0.05, 0) is 60.8 Å². The van der Waals surface area contributed by atoms with Crippen LogP contribution >= 0.6 is 0 Å². The molecular weight excluding hydrogens is 761 g/mol. The van der Waals surface area contributed by atoms with E-state index < -0.39 is 35.5 Å². The van der Waals surface area contributed by atoms with Crippen molar-refractivity contribution in [2.45, 2.75) is 38.4 Å². The summed E-state index contributed by atoms with van der Waals surface area (Å²) in [5.41, 5.74) is 3.58. The molecule has 2 heterocycles. The van der Waals surface area contributed by atoms with Crippen LogP contribution in [0.15, 0.2) is 104 Å². The zero-order valence-corrected chi connectivity index (χ0v) is 26.8. The molecule has 1 radical (unpaired) electrons. The maximum Gasteiger partial charge on any atom is 0.0567 e. The Balaban J connectivity index is 0.000000233. The number of hydrogen-bond acceptors (Lipinski definition) is 4. The van der Waals surface area contributed by atoms with Crippen molar-refractivity contribution in [1.29, 1.82) is 0 Å². The van der Waals surface area contributed by atoms with Crippen LogP contribution < -0.4 is 0 Å². The average Bonchev–Trinajstić information content (AvgIpc) is 3.01. The van der Waals surface area contributed by atoms with E-state index >= 15 is 0 Å². The molecule has 0 fully saturated rings. The molecular formula is C36H32F4IrN2O2-2. The van der Waals surface area contributed by atoms with Gasteiger partial charge in [0.1, 0.15) is 0 Å². The molecule has 3 aromatic carbocycles. The van der Waals surface area contributed by atoms with E-state index in [0.29, 0.717) is 24.2 Å². The van der Waals surface area contributed by atoms with Gasteiger partial charge in [-0.3, -0.25) is 17.6 Å². The Kier molecular flexibility index (Phi) is 16.0. The third kappa shape index (κ3) is 12.9. The van der Waals surface area contributed by atoms with Crippen LogP contribution in [0.5, 0.6) is 0 Å². The molecule has 2 aromatic heterocycles. The molecule has 0 aliphatic heterocycles. The molecule has 2 N–H and O–H groups in total. The first-order chi connectivity index (χ1) is 21.2. The maximum atomic E-state index is 13.2. The van der Waals surface area contributed by atoms with Gasteiger partial charge in [0, 0.05) is 55.8 Å². The van der Waals surface area contributed by atoms with E-state index in [1.807, 2.05) is 30.3 Å². The standard InChI is InChI=1S/C14H20O2.2C11H6F2N.Ir/c1-3-12-4-6-13(7-5-12)8-9-14(16)10-11(2)15;2*12-8-4-5-9(10(13)7-8)11-3-1-2-6-14-11;/h3-7,11,14-16H,1,8-10H2,2H3;2*1-4,6-7H;/q;2*-1;. The van der Waals surface area contributed by atoms with E-state index in [0.717, 1.165) is 36.2 Å². The van der Waals surface area contributed by atoms with Gasteiger partial charge in [-0.2, -0.15) is 0 Å². The minimum Gasteiger partial charge on any atom is -0.393 e. The first kappa shape index (κ1) is 37.2. The molecule has 5 rings (SSSR count). The van der Waals surface area contributed by atoms with E-state index in [9.17, 15) is 22.7 Å². The molecule has 0 bridgehead atoms. The zero-order chi connectivity index (χ0) is 31.9. The third-order valence-electron chi connectivity index (χ3n) is 6.15. The summed E-state index contributed by atoms with van der Waals surface area (Å²) in [4.78, 5) is 7.89. The number of rotatable bonds is 8. The fourth-order valence-electron chi connectivity index (χ4n) is 3.97. The fourth-order valence-corrected chi connectivity index (χ4v) is 3.97. The second kappa shape index (κ2) is 19.4. The van der Waals surface area contributed by atoms with Gasteiger partial charge >= 0.3 is 0 Å². The number of halogens is 4. The molecule has 0 spiro atoms. The Morgan fingerprint density at radius 3 is 1.64 bits per heavy atom. The Morgan fingerprint density at radius 1 is 0.778 bits per heavy atom. The molecule has 2 unspecified atom stereocenters. The summed E-state index contributed by atoms with van der Waals surface area (Å²) in [6, 6.07) is 27.2. The second-order valence-electron chi connectivity index (χ2n) is 9.73. The number of hydrogen-bond donors (Lipinski definition) is 2.